The molecule has 0 atom stereocenters. The standard InChI is InChI=1S/C15H15BrClNO2/c1-19-14-6-3-10(7-15(14)20-2)9-18-11-4-5-12(16)13(17)8-11/h3-8,18H,9H2,1-2H3. The maximum Gasteiger partial charge on any atom is 0.161 e. The molecule has 5 heteroatoms. The number of methoxy groups -OCH3 is 2. The summed E-state index contributed by atoms with van der Waals surface area (Å²) in [6, 6.07) is 11.6. The number of hydrogen-bond donors (Lipinski definition) is 1. The predicted molar refractivity (Wildman–Crippen MR) is 86.0 cm³/mol. The third-order valence-electron chi connectivity index (χ3n) is 2.86. The SMILES string of the molecule is COc1ccc(CNc2ccc(Br)c(Cl)c2)cc1OC. The van der Waals surface area contributed by atoms with E-state index in [1.54, 1.807) is 14.2 Å². The lowest BCUT2D eigenvalue weighted by molar-refractivity contribution is 0.354. The Bertz CT molecular complexity index is 604. The Balaban J connectivity index is 2.08. The predicted octanol–water partition coefficient (Wildman–Crippen LogP) is 4.73. The molecule has 0 radical (unpaired) electrons. The van der Waals surface area contributed by atoms with Gasteiger partial charge in [0.25, 0.3) is 0 Å². The summed E-state index contributed by atoms with van der Waals surface area (Å²) in [6.45, 7) is 0.679. The second-order valence-electron chi connectivity index (χ2n) is 4.17. The number of benzene rings is 2. The van der Waals surface area contributed by atoms with Crippen molar-refractivity contribution < 1.29 is 9.47 Å². The van der Waals surface area contributed by atoms with Gasteiger partial charge < -0.3 is 14.8 Å². The fraction of sp³-hybridized carbons (Fsp3) is 0.200. The number of rotatable bonds is 5. The van der Waals surface area contributed by atoms with Gasteiger partial charge in [-0.2, -0.15) is 0 Å². The van der Waals surface area contributed by atoms with Gasteiger partial charge in [-0.1, -0.05) is 17.7 Å². The van der Waals surface area contributed by atoms with E-state index in [4.69, 9.17) is 21.1 Å². The van der Waals surface area contributed by atoms with E-state index in [1.807, 2.05) is 36.4 Å². The maximum atomic E-state index is 6.06. The van der Waals surface area contributed by atoms with Crippen LogP contribution in [0, 0.1) is 0 Å². The van der Waals surface area contributed by atoms with E-state index in [9.17, 15) is 0 Å². The molecule has 0 saturated carbocycles. The third kappa shape index (κ3) is 3.58. The Labute approximate surface area is 132 Å². The topological polar surface area (TPSA) is 30.5 Å². The molecule has 0 saturated heterocycles. The molecule has 0 spiro atoms. The second kappa shape index (κ2) is 6.86. The lowest BCUT2D eigenvalue weighted by Crippen LogP contribution is -2.00. The number of hydrogen-bond acceptors (Lipinski definition) is 3. The molecule has 0 unspecified atom stereocenters. The van der Waals surface area contributed by atoms with Crippen molar-refractivity contribution in [3.05, 3.63) is 51.5 Å². The van der Waals surface area contributed by atoms with Gasteiger partial charge in [0.1, 0.15) is 0 Å². The van der Waals surface area contributed by atoms with E-state index in [2.05, 4.69) is 21.2 Å². The minimum absolute atomic E-state index is 0.679. The van der Waals surface area contributed by atoms with Crippen molar-refractivity contribution in [3.63, 3.8) is 0 Å². The van der Waals surface area contributed by atoms with Gasteiger partial charge in [0, 0.05) is 16.7 Å². The van der Waals surface area contributed by atoms with E-state index < -0.39 is 0 Å². The van der Waals surface area contributed by atoms with E-state index in [0.717, 1.165) is 27.2 Å². The van der Waals surface area contributed by atoms with Crippen molar-refractivity contribution in [2.45, 2.75) is 6.54 Å². The molecule has 106 valence electrons. The lowest BCUT2D eigenvalue weighted by Gasteiger charge is -2.11. The smallest absolute Gasteiger partial charge is 0.161 e. The number of halogens is 2. The molecule has 0 heterocycles. The van der Waals surface area contributed by atoms with Crippen LogP contribution in [-0.2, 0) is 6.54 Å². The van der Waals surface area contributed by atoms with Crippen LogP contribution in [-0.4, -0.2) is 14.2 Å². The highest BCUT2D eigenvalue weighted by Crippen LogP contribution is 2.29. The quantitative estimate of drug-likeness (QED) is 0.840. The summed E-state index contributed by atoms with van der Waals surface area (Å²) in [5.41, 5.74) is 2.06. The van der Waals surface area contributed by atoms with Crippen LogP contribution in [0.1, 0.15) is 5.56 Å². The molecule has 0 aliphatic heterocycles. The average molecular weight is 357 g/mol. The molecule has 2 aromatic rings. The summed E-state index contributed by atoms with van der Waals surface area (Å²) in [4.78, 5) is 0. The molecule has 2 rings (SSSR count). The Hall–Kier alpha value is -1.39. The van der Waals surface area contributed by atoms with Crippen LogP contribution in [0.2, 0.25) is 5.02 Å². The molecular weight excluding hydrogens is 342 g/mol. The highest BCUT2D eigenvalue weighted by atomic mass is 79.9. The van der Waals surface area contributed by atoms with E-state index in [-0.39, 0.29) is 0 Å². The largest absolute Gasteiger partial charge is 0.493 e. The van der Waals surface area contributed by atoms with Crippen LogP contribution >= 0.6 is 27.5 Å². The van der Waals surface area contributed by atoms with Gasteiger partial charge in [0.15, 0.2) is 11.5 Å². The van der Waals surface area contributed by atoms with E-state index >= 15 is 0 Å². The molecule has 0 fully saturated rings. The zero-order valence-corrected chi connectivity index (χ0v) is 13.6. The number of anilines is 1. The molecule has 2 aromatic carbocycles. The normalized spacial score (nSPS) is 10.2. The fourth-order valence-corrected chi connectivity index (χ4v) is 2.23. The number of nitrogens with one attached hydrogen (secondary N) is 1. The highest BCUT2D eigenvalue weighted by Gasteiger charge is 2.05. The van der Waals surface area contributed by atoms with Crippen molar-refractivity contribution in [3.8, 4) is 11.5 Å². The van der Waals surface area contributed by atoms with Crippen LogP contribution in [0.5, 0.6) is 11.5 Å². The van der Waals surface area contributed by atoms with Crippen molar-refractivity contribution in [2.75, 3.05) is 19.5 Å². The molecule has 0 amide bonds. The summed E-state index contributed by atoms with van der Waals surface area (Å²) in [5.74, 6) is 1.45. The maximum absolute atomic E-state index is 6.06. The molecule has 0 aliphatic carbocycles. The third-order valence-corrected chi connectivity index (χ3v) is 4.10. The minimum Gasteiger partial charge on any atom is -0.493 e. The van der Waals surface area contributed by atoms with Gasteiger partial charge in [-0.05, 0) is 51.8 Å². The van der Waals surface area contributed by atoms with Crippen molar-refractivity contribution in [1.82, 2.24) is 0 Å². The van der Waals surface area contributed by atoms with Gasteiger partial charge in [-0.15, -0.1) is 0 Å². The zero-order chi connectivity index (χ0) is 14.5. The van der Waals surface area contributed by atoms with Gasteiger partial charge >= 0.3 is 0 Å². The summed E-state index contributed by atoms with van der Waals surface area (Å²) in [7, 11) is 3.25. The molecule has 3 nitrogen and oxygen atoms in total. The van der Waals surface area contributed by atoms with Crippen molar-refractivity contribution in [1.29, 1.82) is 0 Å². The molecule has 0 bridgehead atoms. The van der Waals surface area contributed by atoms with Gasteiger partial charge in [-0.25, -0.2) is 0 Å². The number of ether oxygens (including phenoxy) is 2. The Morgan fingerprint density at radius 1 is 1.05 bits per heavy atom. The molecule has 0 aromatic heterocycles. The van der Waals surface area contributed by atoms with E-state index in [0.29, 0.717) is 11.6 Å². The highest BCUT2D eigenvalue weighted by molar-refractivity contribution is 9.10. The Morgan fingerprint density at radius 2 is 1.80 bits per heavy atom. The first-order valence-corrected chi connectivity index (χ1v) is 7.21. The first-order chi connectivity index (χ1) is 9.63. The monoisotopic (exact) mass is 355 g/mol. The summed E-state index contributed by atoms with van der Waals surface area (Å²) < 4.78 is 11.4. The zero-order valence-electron chi connectivity index (χ0n) is 11.2. The molecule has 20 heavy (non-hydrogen) atoms. The second-order valence-corrected chi connectivity index (χ2v) is 5.43. The molecular formula is C15H15BrClNO2. The fourth-order valence-electron chi connectivity index (χ4n) is 1.80. The van der Waals surface area contributed by atoms with Crippen LogP contribution < -0.4 is 14.8 Å². The molecule has 1 N–H and O–H groups in total. The van der Waals surface area contributed by atoms with Gasteiger partial charge in [0.05, 0.1) is 19.2 Å². The van der Waals surface area contributed by atoms with Crippen molar-refractivity contribution >= 4 is 33.2 Å². The first kappa shape index (κ1) is 15.0. The van der Waals surface area contributed by atoms with Crippen LogP contribution in [0.3, 0.4) is 0 Å². The van der Waals surface area contributed by atoms with Gasteiger partial charge in [-0.3, -0.25) is 0 Å². The van der Waals surface area contributed by atoms with Gasteiger partial charge in [0.2, 0.25) is 0 Å². The molecule has 0 aliphatic rings. The summed E-state index contributed by atoms with van der Waals surface area (Å²) >= 11 is 9.43. The Kier molecular flexibility index (Phi) is 5.15. The average Bonchev–Trinajstić information content (AvgIpc) is 2.48. The van der Waals surface area contributed by atoms with Crippen LogP contribution in [0.4, 0.5) is 5.69 Å². The summed E-state index contributed by atoms with van der Waals surface area (Å²) in [6.07, 6.45) is 0. The minimum atomic E-state index is 0.679. The van der Waals surface area contributed by atoms with Crippen LogP contribution in [0.15, 0.2) is 40.9 Å². The lowest BCUT2D eigenvalue weighted by atomic mass is 10.2. The Morgan fingerprint density at radius 3 is 2.45 bits per heavy atom. The van der Waals surface area contributed by atoms with Crippen molar-refractivity contribution in [2.24, 2.45) is 0 Å². The summed E-state index contributed by atoms with van der Waals surface area (Å²) in [5, 5.41) is 4.00. The van der Waals surface area contributed by atoms with E-state index in [1.165, 1.54) is 0 Å². The van der Waals surface area contributed by atoms with Crippen LogP contribution in [0.25, 0.3) is 0 Å². The first-order valence-electron chi connectivity index (χ1n) is 6.04.